The van der Waals surface area contributed by atoms with Crippen LogP contribution in [0.3, 0.4) is 0 Å². The molecular formula is C32H32MgN4O-2. The fourth-order valence-electron chi connectivity index (χ4n) is 6.42. The molecule has 0 spiro atoms. The van der Waals surface area contributed by atoms with E-state index in [0.29, 0.717) is 6.42 Å². The molecule has 2 aliphatic heterocycles. The Hall–Kier alpha value is -2.96. The molecule has 190 valence electrons. The van der Waals surface area contributed by atoms with E-state index in [9.17, 15) is 4.79 Å². The summed E-state index contributed by atoms with van der Waals surface area (Å²) in [4.78, 5) is 28.4. The van der Waals surface area contributed by atoms with Crippen molar-refractivity contribution < 1.29 is 4.79 Å². The summed E-state index contributed by atoms with van der Waals surface area (Å²) in [5, 5.41) is 6.99. The molecule has 0 saturated carbocycles. The van der Waals surface area contributed by atoms with Crippen LogP contribution in [-0.2, 0) is 6.42 Å². The largest absolute Gasteiger partial charge is 2.00 e. The topological polar surface area (TPSA) is 73.5 Å². The maximum absolute atomic E-state index is 13.3. The molecule has 6 rings (SSSR count). The van der Waals surface area contributed by atoms with E-state index in [2.05, 4.69) is 59.4 Å². The number of fused-ring (bicyclic) bond motifs is 7. The minimum atomic E-state index is 0. The zero-order chi connectivity index (χ0) is 26.2. The van der Waals surface area contributed by atoms with Crippen LogP contribution in [0.2, 0.25) is 0 Å². The third kappa shape index (κ3) is 3.75. The van der Waals surface area contributed by atoms with Crippen LogP contribution in [-0.4, -0.2) is 28.8 Å². The van der Waals surface area contributed by atoms with Crippen molar-refractivity contribution in [2.45, 2.75) is 60.8 Å². The number of aromatic nitrogens is 3. The SMILES string of the molecule is C=Cc1c2[n-]c(c1C)/C=C1\[N-]/C(=C3/CC(=O)c4c3[n-]c(c4C)/C=c3\[n-]/c(c(C)c3CC)=C\2)[C@@H](CC)[C@@H]1C.[Mg+2]. The molecular weight excluding hydrogens is 481 g/mol. The molecule has 0 unspecified atom stereocenters. The Kier molecular flexibility index (Phi) is 6.77. The zero-order valence-corrected chi connectivity index (χ0v) is 24.6. The first kappa shape index (κ1) is 26.6. The van der Waals surface area contributed by atoms with Gasteiger partial charge in [-0.25, -0.2) is 0 Å². The van der Waals surface area contributed by atoms with E-state index in [1.165, 1.54) is 5.56 Å². The number of rotatable bonds is 3. The van der Waals surface area contributed by atoms with Gasteiger partial charge >= 0.3 is 23.1 Å². The number of hydrogen-bond acceptors (Lipinski definition) is 1. The fourth-order valence-corrected chi connectivity index (χ4v) is 6.42. The van der Waals surface area contributed by atoms with E-state index in [0.717, 1.165) is 91.1 Å². The predicted molar refractivity (Wildman–Crippen MR) is 155 cm³/mol. The molecule has 3 aliphatic rings. The van der Waals surface area contributed by atoms with Gasteiger partial charge in [-0.3, -0.25) is 4.79 Å². The van der Waals surface area contributed by atoms with Crippen LogP contribution in [0.15, 0.2) is 18.0 Å². The maximum atomic E-state index is 13.3. The number of nitrogens with zero attached hydrogens (tertiary/aromatic N) is 4. The van der Waals surface area contributed by atoms with Crippen molar-refractivity contribution in [3.05, 3.63) is 90.1 Å². The van der Waals surface area contributed by atoms with Crippen LogP contribution in [0.25, 0.3) is 35.2 Å². The van der Waals surface area contributed by atoms with Crippen LogP contribution < -0.4 is 25.7 Å². The van der Waals surface area contributed by atoms with Crippen molar-refractivity contribution in [3.63, 3.8) is 0 Å². The second-order valence-electron chi connectivity index (χ2n) is 10.5. The van der Waals surface area contributed by atoms with Gasteiger partial charge < -0.3 is 20.3 Å². The van der Waals surface area contributed by atoms with Gasteiger partial charge in [0.1, 0.15) is 0 Å². The average molecular weight is 513 g/mol. The summed E-state index contributed by atoms with van der Waals surface area (Å²) in [6.45, 7) is 16.9. The molecule has 2 atom stereocenters. The molecule has 0 aromatic carbocycles. The molecule has 1 saturated heterocycles. The van der Waals surface area contributed by atoms with Gasteiger partial charge in [0.2, 0.25) is 0 Å². The van der Waals surface area contributed by atoms with Gasteiger partial charge in [-0.05, 0) is 44.6 Å². The molecule has 6 heteroatoms. The summed E-state index contributed by atoms with van der Waals surface area (Å²) in [6.07, 6.45) is 10.3. The van der Waals surface area contributed by atoms with Gasteiger partial charge in [-0.2, -0.15) is 11.4 Å². The third-order valence-corrected chi connectivity index (χ3v) is 8.63. The molecule has 0 N–H and O–H groups in total. The van der Waals surface area contributed by atoms with Crippen LogP contribution in [0.4, 0.5) is 0 Å². The molecule has 8 bridgehead atoms. The first-order valence-electron chi connectivity index (χ1n) is 13.3. The molecule has 3 aromatic heterocycles. The Morgan fingerprint density at radius 1 is 0.947 bits per heavy atom. The molecule has 3 aromatic rings. The summed E-state index contributed by atoms with van der Waals surface area (Å²) in [5.41, 5.74) is 12.6. The van der Waals surface area contributed by atoms with Crippen molar-refractivity contribution >= 4 is 58.7 Å². The number of carbonyl (C=O) groups is 1. The Labute approximate surface area is 240 Å². The minimum absolute atomic E-state index is 0. The Balaban J connectivity index is 0.00000294. The zero-order valence-electron chi connectivity index (χ0n) is 23.2. The number of ketones is 1. The Bertz CT molecular complexity index is 1690. The number of Topliss-reactive ketones (excluding diaryl/α,β-unsaturated/α-hetero) is 1. The summed E-state index contributed by atoms with van der Waals surface area (Å²) in [7, 11) is 0. The summed E-state index contributed by atoms with van der Waals surface area (Å²) in [6, 6.07) is 0. The van der Waals surface area contributed by atoms with Gasteiger partial charge in [0.15, 0.2) is 5.78 Å². The van der Waals surface area contributed by atoms with Crippen LogP contribution in [0.1, 0.15) is 94.6 Å². The Morgan fingerprint density at radius 2 is 1.66 bits per heavy atom. The van der Waals surface area contributed by atoms with E-state index in [1.807, 2.05) is 13.0 Å². The van der Waals surface area contributed by atoms with Gasteiger partial charge in [-0.1, -0.05) is 85.9 Å². The molecule has 38 heavy (non-hydrogen) atoms. The summed E-state index contributed by atoms with van der Waals surface area (Å²) >= 11 is 0. The minimum Gasteiger partial charge on any atom is -0.664 e. The second kappa shape index (κ2) is 9.65. The second-order valence-corrected chi connectivity index (χ2v) is 10.5. The van der Waals surface area contributed by atoms with E-state index in [4.69, 9.17) is 20.3 Å². The molecule has 0 amide bonds. The van der Waals surface area contributed by atoms with Gasteiger partial charge in [0.05, 0.1) is 0 Å². The molecule has 0 radical (unpaired) electrons. The van der Waals surface area contributed by atoms with Crippen molar-refractivity contribution in [2.75, 3.05) is 0 Å². The third-order valence-electron chi connectivity index (χ3n) is 8.63. The fraction of sp³-hybridized carbons (Fsp3) is 0.344. The number of hydrogen-bond donors (Lipinski definition) is 0. The molecule has 1 fully saturated rings. The van der Waals surface area contributed by atoms with Crippen molar-refractivity contribution in [2.24, 2.45) is 11.8 Å². The van der Waals surface area contributed by atoms with Gasteiger partial charge in [0, 0.05) is 12.0 Å². The van der Waals surface area contributed by atoms with E-state index in [-0.39, 0.29) is 40.7 Å². The van der Waals surface area contributed by atoms with Crippen LogP contribution >= 0.6 is 0 Å². The molecule has 1 aliphatic carbocycles. The molecule has 5 nitrogen and oxygen atoms in total. The van der Waals surface area contributed by atoms with Crippen molar-refractivity contribution in [1.29, 1.82) is 0 Å². The van der Waals surface area contributed by atoms with E-state index < -0.39 is 0 Å². The van der Waals surface area contributed by atoms with Crippen LogP contribution in [0.5, 0.6) is 0 Å². The van der Waals surface area contributed by atoms with Gasteiger partial charge in [-0.15, -0.1) is 33.5 Å². The number of carbonyl (C=O) groups excluding carboxylic acids is 1. The quantitative estimate of drug-likeness (QED) is 0.478. The van der Waals surface area contributed by atoms with Crippen molar-refractivity contribution in [1.82, 2.24) is 15.0 Å². The van der Waals surface area contributed by atoms with Crippen molar-refractivity contribution in [3.8, 4) is 0 Å². The maximum Gasteiger partial charge on any atom is 2.00 e. The first-order chi connectivity index (χ1) is 17.8. The standard InChI is InChI=1S/C32H33N4O.Mg/c1-8-19-15(4)23-12-25-17(6)21(10-3)31(35-25)22-11-29(37)30-18(7)26(36-32(22)30)14-28-20(9-2)16(5)24(34-28)13-27(19)33-23;/h8,12-14,17,21H,1,9-11H2,2-7H3,(H-,35,36,37);/q-3;+2/p-1/b24-13-,25-12-,28-14-;/t17-,21-;/m0./s1. The average Bonchev–Trinajstić information content (AvgIpc) is 3.61. The van der Waals surface area contributed by atoms with Crippen LogP contribution in [0, 0.1) is 32.6 Å². The smallest absolute Gasteiger partial charge is 0.664 e. The predicted octanol–water partition coefficient (Wildman–Crippen LogP) is 4.67. The monoisotopic (exact) mass is 512 g/mol. The van der Waals surface area contributed by atoms with E-state index in [1.54, 1.807) is 0 Å². The van der Waals surface area contributed by atoms with Gasteiger partial charge in [0.25, 0.3) is 0 Å². The molecule has 5 heterocycles. The normalized spacial score (nSPS) is 24.6. The first-order valence-corrected chi connectivity index (χ1v) is 13.3. The Morgan fingerprint density at radius 3 is 2.34 bits per heavy atom. The summed E-state index contributed by atoms with van der Waals surface area (Å²) < 4.78 is 0. The number of allylic oxidation sites excluding steroid dienone is 3. The summed E-state index contributed by atoms with van der Waals surface area (Å²) in [5.74, 6) is 0.616. The van der Waals surface area contributed by atoms with E-state index >= 15 is 0 Å².